The second kappa shape index (κ2) is 5.39. The Kier molecular flexibility index (Phi) is 3.68. The van der Waals surface area contributed by atoms with Crippen LogP contribution in [0.5, 0.6) is 5.88 Å². The van der Waals surface area contributed by atoms with Crippen molar-refractivity contribution in [3.8, 4) is 5.88 Å². The Morgan fingerprint density at radius 1 is 1.27 bits per heavy atom. The number of hydrogen-bond acceptors (Lipinski definition) is 6. The van der Waals surface area contributed by atoms with Crippen molar-refractivity contribution >= 4 is 6.09 Å². The van der Waals surface area contributed by atoms with E-state index in [4.69, 9.17) is 14.2 Å². The fourth-order valence-electron chi connectivity index (χ4n) is 2.43. The van der Waals surface area contributed by atoms with Gasteiger partial charge in [-0.3, -0.25) is 4.90 Å². The molecule has 0 atom stereocenters. The highest BCUT2D eigenvalue weighted by atomic mass is 16.6. The third-order valence-electron chi connectivity index (χ3n) is 3.61. The van der Waals surface area contributed by atoms with E-state index >= 15 is 0 Å². The van der Waals surface area contributed by atoms with Gasteiger partial charge in [-0.15, -0.1) is 0 Å². The average molecular weight is 307 g/mol. The first-order chi connectivity index (χ1) is 10.4. The number of ether oxygens (including phenoxy) is 3. The highest BCUT2D eigenvalue weighted by Gasteiger charge is 2.33. The predicted octanol–water partition coefficient (Wildman–Crippen LogP) is 1.85. The first kappa shape index (κ1) is 15.0. The molecule has 0 aliphatic carbocycles. The third-order valence-corrected chi connectivity index (χ3v) is 3.61. The van der Waals surface area contributed by atoms with Crippen LogP contribution in [-0.2, 0) is 22.6 Å². The smallest absolute Gasteiger partial charge is 0.410 e. The van der Waals surface area contributed by atoms with Gasteiger partial charge in [-0.05, 0) is 20.8 Å². The zero-order valence-corrected chi connectivity index (χ0v) is 13.4. The van der Waals surface area contributed by atoms with Gasteiger partial charge in [-0.2, -0.15) is 4.98 Å². The van der Waals surface area contributed by atoms with Gasteiger partial charge in [-0.1, -0.05) is 0 Å². The summed E-state index contributed by atoms with van der Waals surface area (Å²) in [5.74, 6) is 1.49. The van der Waals surface area contributed by atoms with Gasteiger partial charge in [0.2, 0.25) is 5.88 Å². The van der Waals surface area contributed by atoms with Crippen LogP contribution in [0.2, 0.25) is 0 Å². The number of hydrogen-bond donors (Lipinski definition) is 0. The van der Waals surface area contributed by atoms with Gasteiger partial charge in [0.1, 0.15) is 11.4 Å². The molecule has 3 rings (SSSR count). The van der Waals surface area contributed by atoms with Crippen LogP contribution in [0.25, 0.3) is 0 Å². The maximum absolute atomic E-state index is 12.2. The third kappa shape index (κ3) is 2.85. The van der Waals surface area contributed by atoms with E-state index in [1.165, 1.54) is 0 Å². The molecule has 1 amide bonds. The quantitative estimate of drug-likeness (QED) is 0.830. The number of aromatic nitrogens is 2. The average Bonchev–Trinajstić information content (AvgIpc) is 2.77. The van der Waals surface area contributed by atoms with E-state index in [1.807, 2.05) is 20.8 Å². The van der Waals surface area contributed by atoms with Crippen molar-refractivity contribution in [1.82, 2.24) is 14.9 Å². The number of fused-ring (bicyclic) bond motifs is 1. The van der Waals surface area contributed by atoms with Gasteiger partial charge in [0.05, 0.1) is 50.6 Å². The molecule has 1 saturated heterocycles. The normalized spacial score (nSPS) is 17.9. The fraction of sp³-hybridized carbons (Fsp3) is 0.667. The molecule has 1 aromatic rings. The van der Waals surface area contributed by atoms with Crippen LogP contribution < -0.4 is 4.74 Å². The van der Waals surface area contributed by atoms with Crippen LogP contribution in [0.15, 0.2) is 0 Å². The summed E-state index contributed by atoms with van der Waals surface area (Å²) in [5, 5.41) is 0. The molecule has 7 nitrogen and oxygen atoms in total. The van der Waals surface area contributed by atoms with Crippen molar-refractivity contribution in [2.24, 2.45) is 0 Å². The molecule has 2 aliphatic heterocycles. The minimum Gasteiger partial charge on any atom is -0.481 e. The molecule has 1 aromatic heterocycles. The van der Waals surface area contributed by atoms with Gasteiger partial charge in [-0.25, -0.2) is 9.78 Å². The summed E-state index contributed by atoms with van der Waals surface area (Å²) in [5.41, 5.74) is 1.17. The Bertz CT molecular complexity index is 593. The van der Waals surface area contributed by atoms with Gasteiger partial charge >= 0.3 is 6.09 Å². The van der Waals surface area contributed by atoms with Gasteiger partial charge < -0.3 is 14.2 Å². The van der Waals surface area contributed by atoms with E-state index in [0.29, 0.717) is 32.2 Å². The Hall–Kier alpha value is -1.89. The summed E-state index contributed by atoms with van der Waals surface area (Å²) in [6.45, 7) is 7.66. The maximum atomic E-state index is 12.2. The molecule has 0 unspecified atom stereocenters. The molecule has 0 aromatic carbocycles. The summed E-state index contributed by atoms with van der Waals surface area (Å²) in [7, 11) is 1.58. The lowest BCUT2D eigenvalue weighted by Crippen LogP contribution is -2.33. The SMILES string of the molecule is COc1nc(C2COC2)nc2c1CN(C(=O)OC(C)(C)C)C2. The van der Waals surface area contributed by atoms with Crippen LogP contribution in [-0.4, -0.2) is 46.9 Å². The topological polar surface area (TPSA) is 73.8 Å². The fourth-order valence-corrected chi connectivity index (χ4v) is 2.43. The van der Waals surface area contributed by atoms with Crippen molar-refractivity contribution in [2.45, 2.75) is 45.4 Å². The molecule has 2 aliphatic rings. The Balaban J connectivity index is 1.81. The molecule has 0 N–H and O–H groups in total. The molecule has 120 valence electrons. The van der Waals surface area contributed by atoms with Gasteiger partial charge in [0.15, 0.2) is 0 Å². The van der Waals surface area contributed by atoms with E-state index in [0.717, 1.165) is 17.1 Å². The van der Waals surface area contributed by atoms with Crippen molar-refractivity contribution in [2.75, 3.05) is 20.3 Å². The lowest BCUT2D eigenvalue weighted by atomic mass is 10.1. The number of carbonyl (C=O) groups excluding carboxylic acids is 1. The molecular formula is C15H21N3O4. The second-order valence-corrected chi connectivity index (χ2v) is 6.59. The van der Waals surface area contributed by atoms with Crippen LogP contribution in [0.1, 0.15) is 43.8 Å². The lowest BCUT2D eigenvalue weighted by molar-refractivity contribution is 0.00451. The minimum atomic E-state index is -0.518. The molecule has 22 heavy (non-hydrogen) atoms. The van der Waals surface area contributed by atoms with Crippen molar-refractivity contribution in [1.29, 1.82) is 0 Å². The number of carbonyl (C=O) groups is 1. The molecule has 3 heterocycles. The molecule has 7 heteroatoms. The molecule has 0 saturated carbocycles. The van der Waals surface area contributed by atoms with Crippen LogP contribution in [0.3, 0.4) is 0 Å². The van der Waals surface area contributed by atoms with Crippen LogP contribution >= 0.6 is 0 Å². The van der Waals surface area contributed by atoms with E-state index in [2.05, 4.69) is 9.97 Å². The molecule has 0 spiro atoms. The monoisotopic (exact) mass is 307 g/mol. The zero-order valence-electron chi connectivity index (χ0n) is 13.4. The van der Waals surface area contributed by atoms with Gasteiger partial charge in [0, 0.05) is 0 Å². The Labute approximate surface area is 129 Å². The molecule has 1 fully saturated rings. The summed E-state index contributed by atoms with van der Waals surface area (Å²) in [6.07, 6.45) is -0.346. The summed E-state index contributed by atoms with van der Waals surface area (Å²) in [4.78, 5) is 22.9. The van der Waals surface area contributed by atoms with Crippen LogP contribution in [0.4, 0.5) is 4.79 Å². The predicted molar refractivity (Wildman–Crippen MR) is 77.6 cm³/mol. The highest BCUT2D eigenvalue weighted by molar-refractivity contribution is 5.69. The van der Waals surface area contributed by atoms with Crippen molar-refractivity contribution < 1.29 is 19.0 Å². The van der Waals surface area contributed by atoms with E-state index in [9.17, 15) is 4.79 Å². The lowest BCUT2D eigenvalue weighted by Gasteiger charge is -2.25. The first-order valence-electron chi connectivity index (χ1n) is 7.36. The summed E-state index contributed by atoms with van der Waals surface area (Å²) in [6, 6.07) is 0. The molecular weight excluding hydrogens is 286 g/mol. The summed E-state index contributed by atoms with van der Waals surface area (Å²) >= 11 is 0. The highest BCUT2D eigenvalue weighted by Crippen LogP contribution is 2.32. The standard InChI is InChI=1S/C15H21N3O4/c1-15(2,3)22-14(19)18-5-10-11(6-18)16-12(9-7-21-8-9)17-13(10)20-4/h9H,5-8H2,1-4H3. The first-order valence-corrected chi connectivity index (χ1v) is 7.36. The number of methoxy groups -OCH3 is 1. The molecule has 0 bridgehead atoms. The van der Waals surface area contributed by atoms with Crippen molar-refractivity contribution in [3.05, 3.63) is 17.1 Å². The minimum absolute atomic E-state index is 0.217. The van der Waals surface area contributed by atoms with E-state index in [1.54, 1.807) is 12.0 Å². The van der Waals surface area contributed by atoms with Crippen LogP contribution in [0, 0.1) is 0 Å². The maximum Gasteiger partial charge on any atom is 0.410 e. The van der Waals surface area contributed by atoms with Gasteiger partial charge in [0.25, 0.3) is 0 Å². The largest absolute Gasteiger partial charge is 0.481 e. The second-order valence-electron chi connectivity index (χ2n) is 6.59. The molecule has 0 radical (unpaired) electrons. The van der Waals surface area contributed by atoms with E-state index < -0.39 is 5.60 Å². The Morgan fingerprint density at radius 3 is 2.55 bits per heavy atom. The Morgan fingerprint density at radius 2 is 2.00 bits per heavy atom. The van der Waals surface area contributed by atoms with E-state index in [-0.39, 0.29) is 12.0 Å². The summed E-state index contributed by atoms with van der Waals surface area (Å²) < 4.78 is 16.0. The number of nitrogens with zero attached hydrogens (tertiary/aromatic N) is 3. The van der Waals surface area contributed by atoms with Crippen molar-refractivity contribution in [3.63, 3.8) is 0 Å². The number of rotatable bonds is 2. The number of amides is 1. The zero-order chi connectivity index (χ0) is 15.9.